The molecule has 2 saturated carbocycles. The van der Waals surface area contributed by atoms with Crippen molar-refractivity contribution in [2.24, 2.45) is 5.92 Å². The predicted octanol–water partition coefficient (Wildman–Crippen LogP) is 2.90. The monoisotopic (exact) mass is 246 g/mol. The van der Waals surface area contributed by atoms with Gasteiger partial charge in [0, 0.05) is 30.5 Å². The number of nitrogens with zero attached hydrogens (tertiary/aromatic N) is 1. The standard InChI is InChI=1S/C15H22N2O/c1-2-4-12(3-1)11-18-15-7-8-16-9-13(15)10-17-14-5-6-14/h7-9,12,14,17H,1-6,10-11H2. The van der Waals surface area contributed by atoms with E-state index in [0.29, 0.717) is 0 Å². The van der Waals surface area contributed by atoms with Crippen LogP contribution in [0.15, 0.2) is 18.5 Å². The highest BCUT2D eigenvalue weighted by atomic mass is 16.5. The molecule has 0 radical (unpaired) electrons. The van der Waals surface area contributed by atoms with Gasteiger partial charge in [0.05, 0.1) is 6.61 Å². The Morgan fingerprint density at radius 3 is 2.83 bits per heavy atom. The van der Waals surface area contributed by atoms with Crippen LogP contribution in [-0.4, -0.2) is 17.6 Å². The fourth-order valence-corrected chi connectivity index (χ4v) is 2.61. The van der Waals surface area contributed by atoms with E-state index in [0.717, 1.165) is 30.9 Å². The maximum Gasteiger partial charge on any atom is 0.126 e. The fourth-order valence-electron chi connectivity index (χ4n) is 2.61. The molecule has 98 valence electrons. The van der Waals surface area contributed by atoms with Crippen molar-refractivity contribution in [2.45, 2.75) is 51.1 Å². The molecule has 3 rings (SSSR count). The summed E-state index contributed by atoms with van der Waals surface area (Å²) in [6, 6.07) is 2.73. The van der Waals surface area contributed by atoms with Gasteiger partial charge in [-0.3, -0.25) is 4.98 Å². The molecule has 0 unspecified atom stereocenters. The molecule has 2 fully saturated rings. The smallest absolute Gasteiger partial charge is 0.126 e. The molecule has 0 aromatic carbocycles. The van der Waals surface area contributed by atoms with E-state index in [9.17, 15) is 0 Å². The molecule has 0 saturated heterocycles. The average molecular weight is 246 g/mol. The molecule has 1 aromatic heterocycles. The molecule has 0 spiro atoms. The lowest BCUT2D eigenvalue weighted by molar-refractivity contribution is 0.249. The quantitative estimate of drug-likeness (QED) is 0.838. The molecule has 3 nitrogen and oxygen atoms in total. The lowest BCUT2D eigenvalue weighted by Crippen LogP contribution is -2.17. The van der Waals surface area contributed by atoms with Crippen molar-refractivity contribution in [3.63, 3.8) is 0 Å². The number of rotatable bonds is 6. The lowest BCUT2D eigenvalue weighted by Gasteiger charge is -2.14. The molecule has 2 aliphatic rings. The van der Waals surface area contributed by atoms with Crippen molar-refractivity contribution in [3.05, 3.63) is 24.0 Å². The van der Waals surface area contributed by atoms with E-state index in [1.54, 1.807) is 0 Å². The van der Waals surface area contributed by atoms with Gasteiger partial charge in [-0.05, 0) is 37.7 Å². The summed E-state index contributed by atoms with van der Waals surface area (Å²) in [5.74, 6) is 1.78. The van der Waals surface area contributed by atoms with E-state index in [4.69, 9.17) is 4.74 Å². The van der Waals surface area contributed by atoms with Gasteiger partial charge >= 0.3 is 0 Å². The highest BCUT2D eigenvalue weighted by molar-refractivity contribution is 5.30. The van der Waals surface area contributed by atoms with Crippen molar-refractivity contribution >= 4 is 0 Å². The lowest BCUT2D eigenvalue weighted by atomic mass is 10.1. The zero-order valence-corrected chi connectivity index (χ0v) is 10.9. The number of hydrogen-bond donors (Lipinski definition) is 1. The predicted molar refractivity (Wildman–Crippen MR) is 71.6 cm³/mol. The van der Waals surface area contributed by atoms with E-state index in [1.165, 1.54) is 44.1 Å². The first-order valence-corrected chi connectivity index (χ1v) is 7.21. The number of ether oxygens (including phenoxy) is 1. The molecule has 3 heteroatoms. The van der Waals surface area contributed by atoms with E-state index in [-0.39, 0.29) is 0 Å². The second-order valence-electron chi connectivity index (χ2n) is 5.60. The number of nitrogens with one attached hydrogen (secondary N) is 1. The minimum Gasteiger partial charge on any atom is -0.493 e. The Morgan fingerprint density at radius 2 is 2.06 bits per heavy atom. The van der Waals surface area contributed by atoms with Crippen LogP contribution in [0.1, 0.15) is 44.1 Å². The van der Waals surface area contributed by atoms with Crippen LogP contribution in [-0.2, 0) is 6.54 Å². The van der Waals surface area contributed by atoms with Crippen LogP contribution in [0.4, 0.5) is 0 Å². The zero-order valence-electron chi connectivity index (χ0n) is 10.9. The highest BCUT2D eigenvalue weighted by Gasteiger charge is 2.21. The van der Waals surface area contributed by atoms with Crippen molar-refractivity contribution in [1.82, 2.24) is 10.3 Å². The number of pyridine rings is 1. The Hall–Kier alpha value is -1.09. The maximum atomic E-state index is 5.99. The summed E-state index contributed by atoms with van der Waals surface area (Å²) >= 11 is 0. The molecule has 1 heterocycles. The van der Waals surface area contributed by atoms with Crippen LogP contribution in [0.5, 0.6) is 5.75 Å². The van der Waals surface area contributed by atoms with Crippen molar-refractivity contribution in [2.75, 3.05) is 6.61 Å². The minimum absolute atomic E-state index is 0.730. The summed E-state index contributed by atoms with van der Waals surface area (Å²) in [6.07, 6.45) is 11.8. The van der Waals surface area contributed by atoms with Gasteiger partial charge in [-0.1, -0.05) is 12.8 Å². The van der Waals surface area contributed by atoms with Crippen LogP contribution in [0.2, 0.25) is 0 Å². The van der Waals surface area contributed by atoms with Crippen LogP contribution < -0.4 is 10.1 Å². The average Bonchev–Trinajstić information content (AvgIpc) is 3.09. The molecule has 0 amide bonds. The highest BCUT2D eigenvalue weighted by Crippen LogP contribution is 2.27. The first-order valence-electron chi connectivity index (χ1n) is 7.21. The second-order valence-corrected chi connectivity index (χ2v) is 5.60. The molecule has 18 heavy (non-hydrogen) atoms. The Morgan fingerprint density at radius 1 is 1.22 bits per heavy atom. The van der Waals surface area contributed by atoms with E-state index in [1.807, 2.05) is 18.5 Å². The first-order chi connectivity index (χ1) is 8.92. The molecule has 1 aromatic rings. The summed E-state index contributed by atoms with van der Waals surface area (Å²) in [5.41, 5.74) is 1.20. The van der Waals surface area contributed by atoms with Gasteiger partial charge in [0.2, 0.25) is 0 Å². The third kappa shape index (κ3) is 3.22. The molecular formula is C15H22N2O. The fraction of sp³-hybridized carbons (Fsp3) is 0.667. The van der Waals surface area contributed by atoms with Gasteiger partial charge in [-0.2, -0.15) is 0 Å². The Kier molecular flexibility index (Phi) is 3.79. The van der Waals surface area contributed by atoms with Gasteiger partial charge in [0.1, 0.15) is 5.75 Å². The van der Waals surface area contributed by atoms with Crippen LogP contribution in [0, 0.1) is 5.92 Å². The third-order valence-electron chi connectivity index (χ3n) is 3.97. The Bertz CT molecular complexity index is 384. The van der Waals surface area contributed by atoms with Gasteiger partial charge in [-0.15, -0.1) is 0 Å². The molecule has 0 atom stereocenters. The van der Waals surface area contributed by atoms with Crippen molar-refractivity contribution in [3.8, 4) is 5.75 Å². The van der Waals surface area contributed by atoms with Gasteiger partial charge < -0.3 is 10.1 Å². The molecule has 2 aliphatic carbocycles. The Balaban J connectivity index is 1.55. The second kappa shape index (κ2) is 5.70. The van der Waals surface area contributed by atoms with Gasteiger partial charge in [-0.25, -0.2) is 0 Å². The zero-order chi connectivity index (χ0) is 12.2. The molecule has 0 bridgehead atoms. The number of hydrogen-bond acceptors (Lipinski definition) is 3. The SMILES string of the molecule is c1cc(OCC2CCCC2)c(CNC2CC2)cn1. The van der Waals surface area contributed by atoms with Gasteiger partial charge in [0.25, 0.3) is 0 Å². The van der Waals surface area contributed by atoms with E-state index < -0.39 is 0 Å². The van der Waals surface area contributed by atoms with Crippen LogP contribution >= 0.6 is 0 Å². The normalized spacial score (nSPS) is 20.2. The number of aromatic nitrogens is 1. The summed E-state index contributed by atoms with van der Waals surface area (Å²) < 4.78 is 5.99. The summed E-state index contributed by atoms with van der Waals surface area (Å²) in [4.78, 5) is 4.20. The largest absolute Gasteiger partial charge is 0.493 e. The third-order valence-corrected chi connectivity index (χ3v) is 3.97. The van der Waals surface area contributed by atoms with E-state index in [2.05, 4.69) is 10.3 Å². The Labute approximate surface area is 109 Å². The topological polar surface area (TPSA) is 34.1 Å². The summed E-state index contributed by atoms with van der Waals surface area (Å²) in [7, 11) is 0. The van der Waals surface area contributed by atoms with Crippen LogP contribution in [0.25, 0.3) is 0 Å². The molecular weight excluding hydrogens is 224 g/mol. The first kappa shape index (κ1) is 12.0. The van der Waals surface area contributed by atoms with E-state index >= 15 is 0 Å². The summed E-state index contributed by atoms with van der Waals surface area (Å²) in [5, 5.41) is 3.52. The van der Waals surface area contributed by atoms with Gasteiger partial charge in [0.15, 0.2) is 0 Å². The van der Waals surface area contributed by atoms with Crippen molar-refractivity contribution < 1.29 is 4.74 Å². The van der Waals surface area contributed by atoms with Crippen molar-refractivity contribution in [1.29, 1.82) is 0 Å². The van der Waals surface area contributed by atoms with Crippen LogP contribution in [0.3, 0.4) is 0 Å². The minimum atomic E-state index is 0.730. The molecule has 0 aliphatic heterocycles. The summed E-state index contributed by atoms with van der Waals surface area (Å²) in [6.45, 7) is 1.76. The molecule has 1 N–H and O–H groups in total. The maximum absolute atomic E-state index is 5.99.